The number of hydrogen-bond acceptors (Lipinski definition) is 1. The molecule has 0 N–H and O–H groups in total. The summed E-state index contributed by atoms with van der Waals surface area (Å²) in [5.41, 5.74) is 0. The first-order chi connectivity index (χ1) is 7.25. The summed E-state index contributed by atoms with van der Waals surface area (Å²) >= 11 is 3.47. The summed E-state index contributed by atoms with van der Waals surface area (Å²) < 4.78 is 19.7. The Hall–Kier alpha value is -0.830. The summed E-state index contributed by atoms with van der Waals surface area (Å²) in [7, 11) is 0. The molecule has 1 unspecified atom stereocenters. The fourth-order valence-corrected chi connectivity index (χ4v) is 2.18. The molecule has 80 valence electrons. The lowest BCUT2D eigenvalue weighted by Crippen LogP contribution is -2.19. The Morgan fingerprint density at radius 3 is 3.00 bits per heavy atom. The number of rotatable bonds is 2. The number of benzene rings is 1. The molecule has 0 heterocycles. The zero-order chi connectivity index (χ0) is 10.7. The quantitative estimate of drug-likeness (QED) is 0.788. The van der Waals surface area contributed by atoms with Gasteiger partial charge in [-0.05, 0) is 31.4 Å². The predicted octanol–water partition coefficient (Wildman–Crippen LogP) is 4.04. The third kappa shape index (κ3) is 2.81. The molecule has 0 saturated carbocycles. The van der Waals surface area contributed by atoms with E-state index in [1.54, 1.807) is 12.1 Å². The van der Waals surface area contributed by atoms with E-state index in [1.165, 1.54) is 12.1 Å². The maximum absolute atomic E-state index is 12.9. The van der Waals surface area contributed by atoms with Crippen LogP contribution >= 0.6 is 15.9 Å². The van der Waals surface area contributed by atoms with Crippen LogP contribution in [-0.4, -0.2) is 6.10 Å². The monoisotopic (exact) mass is 270 g/mol. The Balaban J connectivity index is 2.08. The minimum absolute atomic E-state index is 0.0422. The lowest BCUT2D eigenvalue weighted by Gasteiger charge is -2.21. The van der Waals surface area contributed by atoms with Gasteiger partial charge < -0.3 is 4.74 Å². The molecule has 0 amide bonds. The standard InChI is InChI=1S/C12H12BrFO/c13-11-6-1-2-7-12(11)15-10-5-3-4-9(14)8-10/h3-6,8,12H,1-2,7H2. The largest absolute Gasteiger partial charge is 0.485 e. The smallest absolute Gasteiger partial charge is 0.130 e. The summed E-state index contributed by atoms with van der Waals surface area (Å²) in [6.45, 7) is 0. The zero-order valence-corrected chi connectivity index (χ0v) is 9.84. The second kappa shape index (κ2) is 4.79. The van der Waals surface area contributed by atoms with Crippen LogP contribution in [0.15, 0.2) is 34.8 Å². The Kier molecular flexibility index (Phi) is 3.41. The highest BCUT2D eigenvalue weighted by atomic mass is 79.9. The molecule has 1 aliphatic rings. The molecule has 2 rings (SSSR count). The van der Waals surface area contributed by atoms with Gasteiger partial charge in [0.25, 0.3) is 0 Å². The van der Waals surface area contributed by atoms with Crippen LogP contribution in [0.25, 0.3) is 0 Å². The van der Waals surface area contributed by atoms with Crippen LogP contribution in [0.1, 0.15) is 19.3 Å². The molecule has 0 bridgehead atoms. The van der Waals surface area contributed by atoms with Crippen molar-refractivity contribution < 1.29 is 9.13 Å². The predicted molar refractivity (Wildman–Crippen MR) is 61.7 cm³/mol. The minimum atomic E-state index is -0.261. The molecule has 15 heavy (non-hydrogen) atoms. The maximum Gasteiger partial charge on any atom is 0.130 e. The first-order valence-electron chi connectivity index (χ1n) is 5.03. The van der Waals surface area contributed by atoms with Crippen molar-refractivity contribution in [1.82, 2.24) is 0 Å². The Labute approximate surface area is 97.1 Å². The third-order valence-corrected chi connectivity index (χ3v) is 3.23. The van der Waals surface area contributed by atoms with Gasteiger partial charge in [-0.1, -0.05) is 28.1 Å². The summed E-state index contributed by atoms with van der Waals surface area (Å²) in [4.78, 5) is 0. The van der Waals surface area contributed by atoms with Crippen LogP contribution in [0.4, 0.5) is 4.39 Å². The van der Waals surface area contributed by atoms with E-state index in [0.717, 1.165) is 23.7 Å². The van der Waals surface area contributed by atoms with Crippen molar-refractivity contribution in [3.05, 3.63) is 40.6 Å². The fourth-order valence-electron chi connectivity index (χ4n) is 1.63. The van der Waals surface area contributed by atoms with E-state index < -0.39 is 0 Å². The van der Waals surface area contributed by atoms with Crippen LogP contribution in [0.5, 0.6) is 5.75 Å². The summed E-state index contributed by atoms with van der Waals surface area (Å²) in [6.07, 6.45) is 5.35. The molecule has 0 fully saturated rings. The summed E-state index contributed by atoms with van der Waals surface area (Å²) in [6, 6.07) is 6.26. The highest BCUT2D eigenvalue weighted by Crippen LogP contribution is 2.27. The first-order valence-corrected chi connectivity index (χ1v) is 5.83. The topological polar surface area (TPSA) is 9.23 Å². The van der Waals surface area contributed by atoms with Gasteiger partial charge in [0.2, 0.25) is 0 Å². The SMILES string of the molecule is Fc1cccc(OC2CCCC=C2Br)c1. The van der Waals surface area contributed by atoms with Gasteiger partial charge in [0, 0.05) is 10.5 Å². The van der Waals surface area contributed by atoms with Crippen molar-refractivity contribution in [3.63, 3.8) is 0 Å². The van der Waals surface area contributed by atoms with Gasteiger partial charge in [-0.25, -0.2) is 4.39 Å². The van der Waals surface area contributed by atoms with Crippen LogP contribution in [0, 0.1) is 5.82 Å². The maximum atomic E-state index is 12.9. The van der Waals surface area contributed by atoms with Crippen LogP contribution in [0.3, 0.4) is 0 Å². The second-order valence-corrected chi connectivity index (χ2v) is 4.50. The molecule has 1 nitrogen and oxygen atoms in total. The second-order valence-electron chi connectivity index (χ2n) is 3.58. The van der Waals surface area contributed by atoms with Crippen LogP contribution < -0.4 is 4.74 Å². The van der Waals surface area contributed by atoms with Gasteiger partial charge in [0.15, 0.2) is 0 Å². The highest BCUT2D eigenvalue weighted by Gasteiger charge is 2.17. The van der Waals surface area contributed by atoms with Crippen LogP contribution in [0.2, 0.25) is 0 Å². The van der Waals surface area contributed by atoms with Gasteiger partial charge in [-0.15, -0.1) is 0 Å². The van der Waals surface area contributed by atoms with E-state index in [0.29, 0.717) is 5.75 Å². The third-order valence-electron chi connectivity index (χ3n) is 2.39. The molecule has 0 radical (unpaired) electrons. The highest BCUT2D eigenvalue weighted by molar-refractivity contribution is 9.11. The average Bonchev–Trinajstić information content (AvgIpc) is 2.22. The lowest BCUT2D eigenvalue weighted by molar-refractivity contribution is 0.226. The van der Waals surface area contributed by atoms with Crippen molar-refractivity contribution in [2.24, 2.45) is 0 Å². The van der Waals surface area contributed by atoms with E-state index in [2.05, 4.69) is 22.0 Å². The molecule has 1 aliphatic carbocycles. The molecule has 0 saturated heterocycles. The van der Waals surface area contributed by atoms with Crippen molar-refractivity contribution in [2.45, 2.75) is 25.4 Å². The van der Waals surface area contributed by atoms with Gasteiger partial charge in [-0.3, -0.25) is 0 Å². The van der Waals surface area contributed by atoms with Gasteiger partial charge >= 0.3 is 0 Å². The first kappa shape index (κ1) is 10.7. The number of halogens is 2. The molecule has 0 spiro atoms. The molecule has 0 aliphatic heterocycles. The average molecular weight is 271 g/mol. The number of allylic oxidation sites excluding steroid dienone is 1. The molecule has 1 aromatic carbocycles. The van der Waals surface area contributed by atoms with Gasteiger partial charge in [0.1, 0.15) is 17.7 Å². The number of hydrogen-bond donors (Lipinski definition) is 0. The van der Waals surface area contributed by atoms with Gasteiger partial charge in [-0.2, -0.15) is 0 Å². The lowest BCUT2D eigenvalue weighted by atomic mass is 10.1. The zero-order valence-electron chi connectivity index (χ0n) is 8.25. The minimum Gasteiger partial charge on any atom is -0.485 e. The molecular weight excluding hydrogens is 259 g/mol. The van der Waals surface area contributed by atoms with E-state index in [9.17, 15) is 4.39 Å². The van der Waals surface area contributed by atoms with E-state index in [-0.39, 0.29) is 11.9 Å². The summed E-state index contributed by atoms with van der Waals surface area (Å²) in [5, 5.41) is 0. The molecule has 0 aromatic heterocycles. The molecule has 1 aromatic rings. The van der Waals surface area contributed by atoms with Crippen LogP contribution in [-0.2, 0) is 0 Å². The normalized spacial score (nSPS) is 20.9. The Bertz CT molecular complexity index is 376. The summed E-state index contributed by atoms with van der Waals surface area (Å²) in [5.74, 6) is 0.329. The van der Waals surface area contributed by atoms with Crippen molar-refractivity contribution in [3.8, 4) is 5.75 Å². The number of ether oxygens (including phenoxy) is 1. The van der Waals surface area contributed by atoms with Crippen molar-refractivity contribution in [2.75, 3.05) is 0 Å². The molecule has 1 atom stereocenters. The molecule has 3 heteroatoms. The van der Waals surface area contributed by atoms with E-state index in [1.807, 2.05) is 0 Å². The van der Waals surface area contributed by atoms with Gasteiger partial charge in [0.05, 0.1) is 0 Å². The Morgan fingerprint density at radius 1 is 1.40 bits per heavy atom. The van der Waals surface area contributed by atoms with E-state index >= 15 is 0 Å². The molecular formula is C12H12BrFO. The van der Waals surface area contributed by atoms with Crippen molar-refractivity contribution in [1.29, 1.82) is 0 Å². The van der Waals surface area contributed by atoms with Crippen molar-refractivity contribution >= 4 is 15.9 Å². The van der Waals surface area contributed by atoms with E-state index in [4.69, 9.17) is 4.74 Å². The Morgan fingerprint density at radius 2 is 2.27 bits per heavy atom. The fraction of sp³-hybridized carbons (Fsp3) is 0.333.